The number of benzene rings is 1. The molecule has 5 nitrogen and oxygen atoms in total. The first-order valence-electron chi connectivity index (χ1n) is 7.37. The highest BCUT2D eigenvalue weighted by Crippen LogP contribution is 2.19. The number of methoxy groups -OCH3 is 1. The zero-order chi connectivity index (χ0) is 15.9. The van der Waals surface area contributed by atoms with Gasteiger partial charge in [0, 0.05) is 24.5 Å². The quantitative estimate of drug-likeness (QED) is 0.810. The van der Waals surface area contributed by atoms with Crippen LogP contribution >= 0.6 is 11.5 Å². The van der Waals surface area contributed by atoms with Gasteiger partial charge in [0.1, 0.15) is 5.75 Å². The van der Waals surface area contributed by atoms with Gasteiger partial charge in [-0.1, -0.05) is 30.5 Å². The van der Waals surface area contributed by atoms with E-state index >= 15 is 0 Å². The van der Waals surface area contributed by atoms with Gasteiger partial charge in [-0.3, -0.25) is 4.90 Å². The van der Waals surface area contributed by atoms with E-state index in [-0.39, 0.29) is 12.6 Å². The molecule has 1 aromatic carbocycles. The van der Waals surface area contributed by atoms with Gasteiger partial charge in [0.15, 0.2) is 0 Å². The van der Waals surface area contributed by atoms with E-state index in [1.165, 1.54) is 17.1 Å². The van der Waals surface area contributed by atoms with Crippen LogP contribution in [0.5, 0.6) is 5.75 Å². The third-order valence-corrected chi connectivity index (χ3v) is 4.29. The minimum atomic E-state index is 0.0869. The summed E-state index contributed by atoms with van der Waals surface area (Å²) in [7, 11) is 1.66. The lowest BCUT2D eigenvalue weighted by molar-refractivity contribution is 0.0774. The van der Waals surface area contributed by atoms with Crippen molar-refractivity contribution in [3.63, 3.8) is 0 Å². The molecule has 6 heteroatoms. The Morgan fingerprint density at radius 2 is 1.95 bits per heavy atom. The summed E-state index contributed by atoms with van der Waals surface area (Å²) in [5.41, 5.74) is 2.13. The number of aromatic nitrogens is 2. The monoisotopic (exact) mass is 321 g/mol. The molecule has 0 unspecified atom stereocenters. The first-order chi connectivity index (χ1) is 10.6. The van der Waals surface area contributed by atoms with Crippen molar-refractivity contribution < 1.29 is 9.84 Å². The van der Waals surface area contributed by atoms with Gasteiger partial charge in [-0.05, 0) is 35.1 Å². The van der Waals surface area contributed by atoms with Crippen molar-refractivity contribution in [2.75, 3.05) is 13.7 Å². The molecule has 0 radical (unpaired) electrons. The molecule has 22 heavy (non-hydrogen) atoms. The molecular formula is C16H23N3O2S. The van der Waals surface area contributed by atoms with Gasteiger partial charge in [0.05, 0.1) is 19.4 Å². The van der Waals surface area contributed by atoms with E-state index < -0.39 is 0 Å². The van der Waals surface area contributed by atoms with E-state index in [0.29, 0.717) is 12.5 Å². The van der Waals surface area contributed by atoms with Crippen LogP contribution in [-0.4, -0.2) is 39.4 Å². The zero-order valence-corrected chi connectivity index (χ0v) is 14.1. The van der Waals surface area contributed by atoms with Crippen molar-refractivity contribution in [1.29, 1.82) is 0 Å². The Kier molecular flexibility index (Phi) is 6.30. The van der Waals surface area contributed by atoms with E-state index in [0.717, 1.165) is 18.0 Å². The van der Waals surface area contributed by atoms with Gasteiger partial charge in [-0.2, -0.15) is 0 Å². The van der Waals surface area contributed by atoms with Gasteiger partial charge in [-0.15, -0.1) is 5.10 Å². The topological polar surface area (TPSA) is 58.5 Å². The Balaban J connectivity index is 2.15. The predicted molar refractivity (Wildman–Crippen MR) is 87.9 cm³/mol. The number of nitrogens with zero attached hydrogens (tertiary/aromatic N) is 3. The van der Waals surface area contributed by atoms with Crippen LogP contribution in [0.4, 0.5) is 0 Å². The molecule has 2 aromatic rings. The molecule has 0 aliphatic heterocycles. The fourth-order valence-corrected chi connectivity index (χ4v) is 2.91. The molecule has 0 fully saturated rings. The summed E-state index contributed by atoms with van der Waals surface area (Å²) in [5, 5.41) is 15.8. The number of ether oxygens (including phenoxy) is 1. The highest BCUT2D eigenvalue weighted by molar-refractivity contribution is 7.03. The predicted octanol–water partition coefficient (Wildman–Crippen LogP) is 2.57. The van der Waals surface area contributed by atoms with E-state index in [2.05, 4.69) is 40.5 Å². The van der Waals surface area contributed by atoms with Gasteiger partial charge in [-0.25, -0.2) is 0 Å². The SMILES string of the molecule is COc1ccc(CN(Cc2csnn2)[C@H](CO)C(C)C)cc1. The number of hydrogen-bond donors (Lipinski definition) is 1. The molecule has 2 rings (SSSR count). The molecule has 0 spiro atoms. The molecule has 1 aromatic heterocycles. The highest BCUT2D eigenvalue weighted by Gasteiger charge is 2.22. The molecular weight excluding hydrogens is 298 g/mol. The molecule has 1 N–H and O–H groups in total. The largest absolute Gasteiger partial charge is 0.497 e. The lowest BCUT2D eigenvalue weighted by Gasteiger charge is -2.32. The lowest BCUT2D eigenvalue weighted by Crippen LogP contribution is -2.40. The summed E-state index contributed by atoms with van der Waals surface area (Å²) in [6.07, 6.45) is 0. The van der Waals surface area contributed by atoms with E-state index in [4.69, 9.17) is 4.74 Å². The zero-order valence-electron chi connectivity index (χ0n) is 13.3. The smallest absolute Gasteiger partial charge is 0.118 e. The summed E-state index contributed by atoms with van der Waals surface area (Å²) < 4.78 is 9.12. The van der Waals surface area contributed by atoms with Crippen LogP contribution in [0, 0.1) is 5.92 Å². The molecule has 0 aliphatic carbocycles. The number of aliphatic hydroxyl groups excluding tert-OH is 1. The standard InChI is InChI=1S/C16H23N3O2S/c1-12(2)16(10-20)19(9-14-11-22-18-17-14)8-13-4-6-15(21-3)7-5-13/h4-7,11-12,16,20H,8-10H2,1-3H3/t16-/m1/s1. The van der Waals surface area contributed by atoms with E-state index in [1.54, 1.807) is 7.11 Å². The van der Waals surface area contributed by atoms with Gasteiger partial charge in [0.2, 0.25) is 0 Å². The third-order valence-electron chi connectivity index (χ3n) is 3.74. The normalized spacial score (nSPS) is 12.8. The van der Waals surface area contributed by atoms with Crippen LogP contribution in [0.1, 0.15) is 25.1 Å². The summed E-state index contributed by atoms with van der Waals surface area (Å²) in [4.78, 5) is 2.25. The van der Waals surface area contributed by atoms with Gasteiger partial charge < -0.3 is 9.84 Å². The molecule has 0 aliphatic rings. The Labute approximate surface area is 135 Å². The Bertz CT molecular complexity index is 543. The van der Waals surface area contributed by atoms with Crippen LogP contribution in [0.25, 0.3) is 0 Å². The van der Waals surface area contributed by atoms with E-state index in [9.17, 15) is 5.11 Å². The average molecular weight is 321 g/mol. The fraction of sp³-hybridized carbons (Fsp3) is 0.500. The van der Waals surface area contributed by atoms with Gasteiger partial charge in [0.25, 0.3) is 0 Å². The van der Waals surface area contributed by atoms with Crippen LogP contribution in [-0.2, 0) is 13.1 Å². The first kappa shape index (κ1) is 16.9. The molecule has 0 bridgehead atoms. The van der Waals surface area contributed by atoms with Crippen LogP contribution in [0.3, 0.4) is 0 Å². The highest BCUT2D eigenvalue weighted by atomic mass is 32.1. The van der Waals surface area contributed by atoms with Gasteiger partial charge >= 0.3 is 0 Å². The maximum atomic E-state index is 9.76. The average Bonchev–Trinajstić information content (AvgIpc) is 3.01. The Morgan fingerprint density at radius 3 is 2.45 bits per heavy atom. The summed E-state index contributed by atoms with van der Waals surface area (Å²) >= 11 is 1.35. The summed E-state index contributed by atoms with van der Waals surface area (Å²) in [6.45, 7) is 5.82. The molecule has 0 saturated heterocycles. The maximum Gasteiger partial charge on any atom is 0.118 e. The molecule has 1 heterocycles. The van der Waals surface area contributed by atoms with Crippen LogP contribution < -0.4 is 4.74 Å². The molecule has 120 valence electrons. The fourth-order valence-electron chi connectivity index (χ4n) is 2.46. The maximum absolute atomic E-state index is 9.76. The molecule has 0 saturated carbocycles. The van der Waals surface area contributed by atoms with Crippen molar-refractivity contribution in [3.8, 4) is 5.75 Å². The summed E-state index contributed by atoms with van der Waals surface area (Å²) in [5.74, 6) is 1.21. The minimum Gasteiger partial charge on any atom is -0.497 e. The number of hydrogen-bond acceptors (Lipinski definition) is 6. The molecule has 0 amide bonds. The Morgan fingerprint density at radius 1 is 1.23 bits per heavy atom. The van der Waals surface area contributed by atoms with Crippen LogP contribution in [0.15, 0.2) is 29.6 Å². The summed E-state index contributed by atoms with van der Waals surface area (Å²) in [6, 6.07) is 8.12. The van der Waals surface area contributed by atoms with Crippen molar-refractivity contribution in [3.05, 3.63) is 40.9 Å². The van der Waals surface area contributed by atoms with Crippen LogP contribution in [0.2, 0.25) is 0 Å². The second-order valence-corrected chi connectivity index (χ2v) is 6.25. The van der Waals surface area contributed by atoms with Crippen molar-refractivity contribution in [2.45, 2.75) is 33.0 Å². The van der Waals surface area contributed by atoms with Crippen molar-refractivity contribution >= 4 is 11.5 Å². The number of aliphatic hydroxyl groups is 1. The number of rotatable bonds is 8. The second-order valence-electron chi connectivity index (χ2n) is 5.64. The van der Waals surface area contributed by atoms with E-state index in [1.807, 2.05) is 17.5 Å². The second kappa shape index (κ2) is 8.22. The minimum absolute atomic E-state index is 0.0869. The van der Waals surface area contributed by atoms with Crippen molar-refractivity contribution in [2.24, 2.45) is 5.92 Å². The van der Waals surface area contributed by atoms with Crippen molar-refractivity contribution in [1.82, 2.24) is 14.5 Å². The third kappa shape index (κ3) is 4.50. The Hall–Kier alpha value is -1.50. The first-order valence-corrected chi connectivity index (χ1v) is 8.21. The lowest BCUT2D eigenvalue weighted by atomic mass is 10.0. The molecule has 1 atom stereocenters.